The van der Waals surface area contributed by atoms with E-state index in [4.69, 9.17) is 17.3 Å². The maximum Gasteiger partial charge on any atom is 0.186 e. The minimum atomic E-state index is -3.55. The molecule has 6 heteroatoms. The maximum atomic E-state index is 12.8. The van der Waals surface area contributed by atoms with E-state index in [1.165, 1.54) is 12.1 Å². The zero-order valence-electron chi connectivity index (χ0n) is 12.5. The molecule has 0 aliphatic heterocycles. The van der Waals surface area contributed by atoms with Gasteiger partial charge in [0.05, 0.1) is 4.90 Å². The molecule has 0 spiro atoms. The standard InChI is InChI=1S/C16H19ClN2O2S/c1-19(2)14-7-3-12(4-8-14)16(11-18)22(20,21)15-9-5-13(17)6-10-15/h3-10,16H,11,18H2,1-2H3/t16-/m1/s1. The number of hydrogen-bond donors (Lipinski definition) is 1. The molecule has 2 N–H and O–H groups in total. The zero-order valence-corrected chi connectivity index (χ0v) is 14.1. The first kappa shape index (κ1) is 16.8. The molecule has 1 atom stereocenters. The zero-order chi connectivity index (χ0) is 16.3. The first-order valence-corrected chi connectivity index (χ1v) is 8.75. The minimum absolute atomic E-state index is 0.0201. The summed E-state index contributed by atoms with van der Waals surface area (Å²) in [7, 11) is 0.310. The summed E-state index contributed by atoms with van der Waals surface area (Å²) in [6.45, 7) is 0.0201. The van der Waals surface area contributed by atoms with Crippen molar-refractivity contribution in [3.63, 3.8) is 0 Å². The van der Waals surface area contributed by atoms with Crippen molar-refractivity contribution >= 4 is 27.1 Å². The van der Waals surface area contributed by atoms with Crippen molar-refractivity contribution in [2.24, 2.45) is 5.73 Å². The largest absolute Gasteiger partial charge is 0.378 e. The van der Waals surface area contributed by atoms with E-state index in [0.29, 0.717) is 10.6 Å². The predicted molar refractivity (Wildman–Crippen MR) is 91.2 cm³/mol. The smallest absolute Gasteiger partial charge is 0.186 e. The summed E-state index contributed by atoms with van der Waals surface area (Å²) >= 11 is 5.82. The molecule has 0 saturated heterocycles. The Bertz CT molecular complexity index is 726. The summed E-state index contributed by atoms with van der Waals surface area (Å²) < 4.78 is 25.5. The molecule has 0 aliphatic rings. The van der Waals surface area contributed by atoms with Gasteiger partial charge in [-0.15, -0.1) is 0 Å². The Morgan fingerprint density at radius 1 is 1.05 bits per heavy atom. The van der Waals surface area contributed by atoms with Gasteiger partial charge in [-0.3, -0.25) is 0 Å². The third-order valence-corrected chi connectivity index (χ3v) is 5.91. The number of hydrogen-bond acceptors (Lipinski definition) is 4. The molecule has 2 aromatic carbocycles. The van der Waals surface area contributed by atoms with Gasteiger partial charge in [-0.05, 0) is 42.0 Å². The summed E-state index contributed by atoms with van der Waals surface area (Å²) in [4.78, 5) is 2.18. The average molecular weight is 339 g/mol. The van der Waals surface area contributed by atoms with Crippen molar-refractivity contribution in [2.45, 2.75) is 10.1 Å². The van der Waals surface area contributed by atoms with Crippen LogP contribution in [0.25, 0.3) is 0 Å². The van der Waals surface area contributed by atoms with Gasteiger partial charge in [0.15, 0.2) is 9.84 Å². The molecule has 0 unspecified atom stereocenters. The Labute approximate surface area is 136 Å². The highest BCUT2D eigenvalue weighted by atomic mass is 35.5. The highest BCUT2D eigenvalue weighted by Crippen LogP contribution is 2.29. The molecule has 2 rings (SSSR count). The van der Waals surface area contributed by atoms with E-state index in [9.17, 15) is 8.42 Å². The lowest BCUT2D eigenvalue weighted by atomic mass is 10.1. The average Bonchev–Trinajstić information content (AvgIpc) is 2.48. The lowest BCUT2D eigenvalue weighted by Gasteiger charge is -2.18. The van der Waals surface area contributed by atoms with Crippen molar-refractivity contribution in [1.82, 2.24) is 0 Å². The Morgan fingerprint density at radius 3 is 2.05 bits per heavy atom. The predicted octanol–water partition coefficient (Wildman–Crippen LogP) is 2.88. The van der Waals surface area contributed by atoms with Crippen molar-refractivity contribution in [2.75, 3.05) is 25.5 Å². The fourth-order valence-electron chi connectivity index (χ4n) is 2.22. The van der Waals surface area contributed by atoms with E-state index in [1.807, 2.05) is 31.1 Å². The molecule has 22 heavy (non-hydrogen) atoms. The SMILES string of the molecule is CN(C)c1ccc([C@@H](CN)S(=O)(=O)c2ccc(Cl)cc2)cc1. The molecule has 118 valence electrons. The van der Waals surface area contributed by atoms with Gasteiger partial charge in [0, 0.05) is 31.4 Å². The number of benzene rings is 2. The van der Waals surface area contributed by atoms with Gasteiger partial charge in [-0.2, -0.15) is 0 Å². The van der Waals surface area contributed by atoms with E-state index in [1.54, 1.807) is 24.3 Å². The van der Waals surface area contributed by atoms with Crippen molar-refractivity contribution in [1.29, 1.82) is 0 Å². The first-order valence-electron chi connectivity index (χ1n) is 6.83. The van der Waals surface area contributed by atoms with Crippen molar-refractivity contribution in [3.05, 3.63) is 59.1 Å². The second-order valence-corrected chi connectivity index (χ2v) is 7.78. The fraction of sp³-hybridized carbons (Fsp3) is 0.250. The summed E-state index contributed by atoms with van der Waals surface area (Å²) in [6.07, 6.45) is 0. The molecule has 0 saturated carbocycles. The lowest BCUT2D eigenvalue weighted by Crippen LogP contribution is -2.22. The number of anilines is 1. The Kier molecular flexibility index (Phi) is 5.11. The molecule has 4 nitrogen and oxygen atoms in total. The summed E-state index contributed by atoms with van der Waals surface area (Å²) in [5, 5.41) is -0.275. The van der Waals surface area contributed by atoms with Gasteiger partial charge in [0.25, 0.3) is 0 Å². The molecule has 0 fully saturated rings. The molecule has 0 aliphatic carbocycles. The van der Waals surface area contributed by atoms with Crippen LogP contribution in [0.4, 0.5) is 5.69 Å². The van der Waals surface area contributed by atoms with Crippen LogP contribution in [0.15, 0.2) is 53.4 Å². The number of nitrogens with zero attached hydrogens (tertiary/aromatic N) is 1. The fourth-order valence-corrected chi connectivity index (χ4v) is 3.96. The molecule has 0 radical (unpaired) electrons. The molecule has 0 heterocycles. The van der Waals surface area contributed by atoms with Crippen LogP contribution in [0.3, 0.4) is 0 Å². The maximum absolute atomic E-state index is 12.8. The van der Waals surface area contributed by atoms with Crippen LogP contribution in [0.2, 0.25) is 5.02 Å². The van der Waals surface area contributed by atoms with Crippen LogP contribution in [0.5, 0.6) is 0 Å². The van der Waals surface area contributed by atoms with Gasteiger partial charge in [0.1, 0.15) is 5.25 Å². The minimum Gasteiger partial charge on any atom is -0.378 e. The van der Waals surface area contributed by atoms with Crippen LogP contribution in [0, 0.1) is 0 Å². The summed E-state index contributed by atoms with van der Waals surface area (Å²) in [5.41, 5.74) is 7.43. The second kappa shape index (κ2) is 6.69. The van der Waals surface area contributed by atoms with E-state index in [2.05, 4.69) is 0 Å². The molecule has 0 amide bonds. The summed E-state index contributed by atoms with van der Waals surface area (Å²) in [6, 6.07) is 13.5. The van der Waals surface area contributed by atoms with Gasteiger partial charge >= 0.3 is 0 Å². The van der Waals surface area contributed by atoms with E-state index in [0.717, 1.165) is 5.69 Å². The Morgan fingerprint density at radius 2 is 1.59 bits per heavy atom. The molecule has 0 aromatic heterocycles. The highest BCUT2D eigenvalue weighted by molar-refractivity contribution is 7.91. The summed E-state index contributed by atoms with van der Waals surface area (Å²) in [5.74, 6) is 0. The van der Waals surface area contributed by atoms with Gasteiger partial charge in [0.2, 0.25) is 0 Å². The van der Waals surface area contributed by atoms with Gasteiger partial charge in [-0.25, -0.2) is 8.42 Å². The van der Waals surface area contributed by atoms with Crippen LogP contribution < -0.4 is 10.6 Å². The van der Waals surface area contributed by atoms with E-state index < -0.39 is 15.1 Å². The molecular formula is C16H19ClN2O2S. The molecular weight excluding hydrogens is 320 g/mol. The van der Waals surface area contributed by atoms with Crippen LogP contribution in [-0.2, 0) is 9.84 Å². The highest BCUT2D eigenvalue weighted by Gasteiger charge is 2.27. The molecule has 2 aromatic rings. The Hall–Kier alpha value is -1.56. The monoisotopic (exact) mass is 338 g/mol. The van der Waals surface area contributed by atoms with Crippen LogP contribution >= 0.6 is 11.6 Å². The number of nitrogens with two attached hydrogens (primary N) is 1. The van der Waals surface area contributed by atoms with Crippen LogP contribution in [-0.4, -0.2) is 29.1 Å². The topological polar surface area (TPSA) is 63.4 Å². The third kappa shape index (κ3) is 3.43. The normalized spacial score (nSPS) is 12.9. The lowest BCUT2D eigenvalue weighted by molar-refractivity contribution is 0.582. The third-order valence-electron chi connectivity index (χ3n) is 3.51. The number of sulfone groups is 1. The number of halogens is 1. The van der Waals surface area contributed by atoms with Gasteiger partial charge in [-0.1, -0.05) is 23.7 Å². The van der Waals surface area contributed by atoms with E-state index in [-0.39, 0.29) is 11.4 Å². The quantitative estimate of drug-likeness (QED) is 0.910. The van der Waals surface area contributed by atoms with Crippen molar-refractivity contribution in [3.8, 4) is 0 Å². The van der Waals surface area contributed by atoms with Crippen molar-refractivity contribution < 1.29 is 8.42 Å². The van der Waals surface area contributed by atoms with Gasteiger partial charge < -0.3 is 10.6 Å². The Balaban J connectivity index is 2.40. The van der Waals surface area contributed by atoms with Crippen LogP contribution in [0.1, 0.15) is 10.8 Å². The van der Waals surface area contributed by atoms with E-state index >= 15 is 0 Å². The second-order valence-electron chi connectivity index (χ2n) is 5.21. The number of rotatable bonds is 5. The first-order chi connectivity index (χ1) is 10.4. The molecule has 0 bridgehead atoms.